The third-order valence-corrected chi connectivity index (χ3v) is 5.74. The maximum absolute atomic E-state index is 13.3. The van der Waals surface area contributed by atoms with Crippen molar-refractivity contribution in [1.82, 2.24) is 14.9 Å². The van der Waals surface area contributed by atoms with E-state index in [1.807, 2.05) is 48.9 Å². The number of hydrogen-bond donors (Lipinski definition) is 1. The largest absolute Gasteiger partial charge is 0.497 e. The molecule has 0 aliphatic carbocycles. The summed E-state index contributed by atoms with van der Waals surface area (Å²) in [5, 5.41) is 3.44. The monoisotopic (exact) mass is 446 g/mol. The molecule has 0 bridgehead atoms. The number of carbonyl (C=O) groups is 2. The van der Waals surface area contributed by atoms with Crippen LogP contribution in [0.4, 0.5) is 0 Å². The highest BCUT2D eigenvalue weighted by Gasteiger charge is 2.27. The van der Waals surface area contributed by atoms with E-state index in [1.54, 1.807) is 25.5 Å². The topological polar surface area (TPSA) is 94.8 Å². The Morgan fingerprint density at radius 1 is 1.15 bits per heavy atom. The number of hydrogen-bond acceptors (Lipinski definition) is 6. The van der Waals surface area contributed by atoms with Crippen LogP contribution in [0.3, 0.4) is 0 Å². The van der Waals surface area contributed by atoms with Crippen molar-refractivity contribution >= 4 is 28.5 Å². The molecule has 1 amide bonds. The minimum Gasteiger partial charge on any atom is -0.497 e. The van der Waals surface area contributed by atoms with Crippen molar-refractivity contribution in [1.29, 1.82) is 0 Å². The Hall–Kier alpha value is -3.94. The molecule has 3 heterocycles. The van der Waals surface area contributed by atoms with Gasteiger partial charge in [-0.2, -0.15) is 0 Å². The van der Waals surface area contributed by atoms with E-state index in [1.165, 1.54) is 7.11 Å². The van der Waals surface area contributed by atoms with Gasteiger partial charge in [-0.15, -0.1) is 0 Å². The summed E-state index contributed by atoms with van der Waals surface area (Å²) in [6.07, 6.45) is 5.50. The summed E-state index contributed by atoms with van der Waals surface area (Å²) in [5.41, 5.74) is 3.81. The number of rotatable bonds is 6. The number of aromatic nitrogens is 2. The second-order valence-corrected chi connectivity index (χ2v) is 7.94. The van der Waals surface area contributed by atoms with Crippen LogP contribution in [0.25, 0.3) is 10.9 Å². The van der Waals surface area contributed by atoms with Crippen molar-refractivity contribution in [3.63, 3.8) is 0 Å². The minimum atomic E-state index is -0.680. The van der Waals surface area contributed by atoms with Crippen molar-refractivity contribution in [2.45, 2.75) is 32.9 Å². The van der Waals surface area contributed by atoms with Crippen molar-refractivity contribution in [3.05, 3.63) is 71.3 Å². The molecule has 2 aromatic heterocycles. The van der Waals surface area contributed by atoms with E-state index in [2.05, 4.69) is 15.3 Å². The minimum absolute atomic E-state index is 0.355. The zero-order valence-corrected chi connectivity index (χ0v) is 19.1. The molecule has 1 atom stereocenters. The number of ether oxygens (including phenoxy) is 2. The summed E-state index contributed by atoms with van der Waals surface area (Å²) in [6.45, 7) is 4.30. The molecule has 1 N–H and O–H groups in total. The summed E-state index contributed by atoms with van der Waals surface area (Å²) < 4.78 is 12.5. The van der Waals surface area contributed by atoms with Gasteiger partial charge in [0.2, 0.25) is 0 Å². The fraction of sp³-hybridized carbons (Fsp3) is 0.280. The number of amides is 1. The second kappa shape index (κ2) is 9.28. The number of nitrogens with one attached hydrogen (secondary N) is 1. The lowest BCUT2D eigenvalue weighted by Crippen LogP contribution is -2.40. The number of Topliss-reactive ketones (excluding diaryl/α,β-unsaturated/α-hetero) is 1. The number of nitrogens with zero attached hydrogens (tertiary/aromatic N) is 3. The molecule has 170 valence electrons. The molecule has 0 fully saturated rings. The standard InChI is InChI=1S/C25H26N4O4/c1-15-5-6-18(27-13-15)14-29-16(2)23(20-12-19(32-3)7-8-21(20)29)24(30)25(31)28-17-9-10-26-22(11-17)33-4/h5-10,12-13,17H,11,14H2,1-4H3,(H,28,31). The first kappa shape index (κ1) is 22.3. The van der Waals surface area contributed by atoms with Crippen molar-refractivity contribution in [3.8, 4) is 5.75 Å². The highest BCUT2D eigenvalue weighted by molar-refractivity contribution is 6.45. The zero-order chi connectivity index (χ0) is 23.5. The van der Waals surface area contributed by atoms with Crippen LogP contribution in [-0.2, 0) is 16.1 Å². The van der Waals surface area contributed by atoms with Gasteiger partial charge in [0.15, 0.2) is 5.90 Å². The Bertz CT molecular complexity index is 1270. The van der Waals surface area contributed by atoms with Gasteiger partial charge in [0.1, 0.15) is 5.75 Å². The lowest BCUT2D eigenvalue weighted by molar-refractivity contribution is -0.117. The quantitative estimate of drug-likeness (QED) is 0.463. The highest BCUT2D eigenvalue weighted by Crippen LogP contribution is 2.30. The van der Waals surface area contributed by atoms with E-state index in [0.29, 0.717) is 41.3 Å². The normalized spacial score (nSPS) is 15.3. The lowest BCUT2D eigenvalue weighted by Gasteiger charge is -2.17. The summed E-state index contributed by atoms with van der Waals surface area (Å²) in [4.78, 5) is 34.9. The van der Waals surface area contributed by atoms with E-state index in [0.717, 1.165) is 16.8 Å². The van der Waals surface area contributed by atoms with Crippen LogP contribution >= 0.6 is 0 Å². The van der Waals surface area contributed by atoms with Crippen LogP contribution in [0.2, 0.25) is 0 Å². The number of methoxy groups -OCH3 is 2. The molecule has 0 saturated heterocycles. The van der Waals surface area contributed by atoms with Crippen molar-refractivity contribution in [2.24, 2.45) is 4.99 Å². The predicted molar refractivity (Wildman–Crippen MR) is 126 cm³/mol. The average molecular weight is 447 g/mol. The molecule has 0 radical (unpaired) electrons. The number of ketones is 1. The van der Waals surface area contributed by atoms with E-state index >= 15 is 0 Å². The van der Waals surface area contributed by atoms with Crippen LogP contribution in [0.1, 0.15) is 33.7 Å². The van der Waals surface area contributed by atoms with Crippen LogP contribution < -0.4 is 10.1 Å². The van der Waals surface area contributed by atoms with Gasteiger partial charge in [-0.1, -0.05) is 6.07 Å². The maximum Gasteiger partial charge on any atom is 0.292 e. The third kappa shape index (κ3) is 4.50. The summed E-state index contributed by atoms with van der Waals surface area (Å²) in [5.74, 6) is -0.172. The van der Waals surface area contributed by atoms with Gasteiger partial charge in [-0.25, -0.2) is 4.99 Å². The Morgan fingerprint density at radius 3 is 2.67 bits per heavy atom. The molecule has 4 rings (SSSR count). The molecule has 1 unspecified atom stereocenters. The van der Waals surface area contributed by atoms with E-state index in [9.17, 15) is 9.59 Å². The van der Waals surface area contributed by atoms with Gasteiger partial charge in [0.05, 0.1) is 38.1 Å². The average Bonchev–Trinajstić information content (AvgIpc) is 3.10. The molecule has 1 aliphatic rings. The number of benzene rings is 1. The second-order valence-electron chi connectivity index (χ2n) is 7.94. The summed E-state index contributed by atoms with van der Waals surface area (Å²) in [7, 11) is 3.09. The smallest absolute Gasteiger partial charge is 0.292 e. The molecule has 0 saturated carbocycles. The Kier molecular flexibility index (Phi) is 6.26. The number of aryl methyl sites for hydroxylation is 1. The zero-order valence-electron chi connectivity index (χ0n) is 19.1. The summed E-state index contributed by atoms with van der Waals surface area (Å²) in [6, 6.07) is 9.12. The SMILES string of the molecule is COC1=NC=CC(NC(=O)C(=O)c2c(C)n(Cc3ccc(C)cn3)c3ccc(OC)cc23)C1. The molecular weight excluding hydrogens is 420 g/mol. The highest BCUT2D eigenvalue weighted by atomic mass is 16.5. The van der Waals surface area contributed by atoms with Crippen molar-refractivity contribution in [2.75, 3.05) is 14.2 Å². The van der Waals surface area contributed by atoms with Gasteiger partial charge in [-0.05, 0) is 49.8 Å². The molecule has 0 spiro atoms. The molecule has 8 heteroatoms. The van der Waals surface area contributed by atoms with Gasteiger partial charge in [0.25, 0.3) is 11.7 Å². The summed E-state index contributed by atoms with van der Waals surface area (Å²) >= 11 is 0. The number of aliphatic imine (C=N–C) groups is 1. The van der Waals surface area contributed by atoms with Crippen molar-refractivity contribution < 1.29 is 19.1 Å². The first-order chi connectivity index (χ1) is 15.9. The number of fused-ring (bicyclic) bond motifs is 1. The lowest BCUT2D eigenvalue weighted by atomic mass is 10.0. The molecule has 8 nitrogen and oxygen atoms in total. The van der Waals surface area contributed by atoms with Gasteiger partial charge in [0, 0.05) is 35.4 Å². The fourth-order valence-electron chi connectivity index (χ4n) is 3.95. The van der Waals surface area contributed by atoms with Gasteiger partial charge < -0.3 is 19.4 Å². The molecule has 1 aliphatic heterocycles. The first-order valence-electron chi connectivity index (χ1n) is 10.6. The van der Waals surface area contributed by atoms with Crippen LogP contribution in [0, 0.1) is 13.8 Å². The Labute approximate surface area is 191 Å². The van der Waals surface area contributed by atoms with Crippen LogP contribution in [-0.4, -0.2) is 47.4 Å². The van der Waals surface area contributed by atoms with Gasteiger partial charge in [-0.3, -0.25) is 14.6 Å². The van der Waals surface area contributed by atoms with Crippen LogP contribution in [0.5, 0.6) is 5.75 Å². The predicted octanol–water partition coefficient (Wildman–Crippen LogP) is 3.34. The first-order valence-corrected chi connectivity index (χ1v) is 10.6. The molecule has 33 heavy (non-hydrogen) atoms. The molecule has 3 aromatic rings. The molecule has 1 aromatic carbocycles. The van der Waals surface area contributed by atoms with E-state index in [4.69, 9.17) is 9.47 Å². The van der Waals surface area contributed by atoms with Crippen LogP contribution in [0.15, 0.2) is 53.8 Å². The van der Waals surface area contributed by atoms with E-state index in [-0.39, 0.29) is 6.04 Å². The Balaban J connectivity index is 1.70. The van der Waals surface area contributed by atoms with Gasteiger partial charge >= 0.3 is 0 Å². The number of pyridine rings is 1. The fourth-order valence-corrected chi connectivity index (χ4v) is 3.95. The number of carbonyl (C=O) groups excluding carboxylic acids is 2. The Morgan fingerprint density at radius 2 is 1.97 bits per heavy atom. The maximum atomic E-state index is 13.3. The molecular formula is C25H26N4O4. The third-order valence-electron chi connectivity index (χ3n) is 5.74. The van der Waals surface area contributed by atoms with E-state index < -0.39 is 11.7 Å².